The monoisotopic (exact) mass is 356 g/mol. The predicted molar refractivity (Wildman–Crippen MR) is 101 cm³/mol. The molecule has 3 rings (SSSR count). The predicted octanol–water partition coefficient (Wildman–Crippen LogP) is 3.48. The fourth-order valence-electron chi connectivity index (χ4n) is 3.23. The van der Waals surface area contributed by atoms with Gasteiger partial charge in [-0.1, -0.05) is 44.2 Å². The molecule has 1 aliphatic heterocycles. The summed E-state index contributed by atoms with van der Waals surface area (Å²) in [7, 11) is 0. The molecule has 0 aliphatic carbocycles. The minimum Gasteiger partial charge on any atom is -0.340 e. The van der Waals surface area contributed by atoms with Crippen LogP contribution in [-0.4, -0.2) is 29.3 Å². The number of rotatable bonds is 5. The molecule has 0 bridgehead atoms. The van der Waals surface area contributed by atoms with E-state index in [9.17, 15) is 9.59 Å². The van der Waals surface area contributed by atoms with Gasteiger partial charge in [0.05, 0.1) is 4.88 Å². The highest BCUT2D eigenvalue weighted by Crippen LogP contribution is 2.20. The van der Waals surface area contributed by atoms with E-state index >= 15 is 0 Å². The standard InChI is InChI=1S/C20H24N2O2S/c1-14(2)12-17(21-19(23)18-8-5-11-25-18)20(24)22-10-9-15-6-3-4-7-16(15)13-22/h3-8,11,14,17H,9-10,12-13H2,1-2H3,(H,21,23)/t17-/m0/s1. The fraction of sp³-hybridized carbons (Fsp3) is 0.400. The van der Waals surface area contributed by atoms with Gasteiger partial charge in [0, 0.05) is 13.1 Å². The van der Waals surface area contributed by atoms with Gasteiger partial charge in [-0.25, -0.2) is 0 Å². The maximum atomic E-state index is 13.1. The number of hydrogen-bond donors (Lipinski definition) is 1. The van der Waals surface area contributed by atoms with Crippen LogP contribution in [0, 0.1) is 5.92 Å². The lowest BCUT2D eigenvalue weighted by Crippen LogP contribution is -2.50. The van der Waals surface area contributed by atoms with Crippen LogP contribution in [-0.2, 0) is 17.8 Å². The molecule has 1 atom stereocenters. The van der Waals surface area contributed by atoms with E-state index in [1.807, 2.05) is 28.5 Å². The van der Waals surface area contributed by atoms with Gasteiger partial charge in [0.25, 0.3) is 5.91 Å². The number of carbonyl (C=O) groups is 2. The van der Waals surface area contributed by atoms with E-state index < -0.39 is 6.04 Å². The molecule has 2 heterocycles. The van der Waals surface area contributed by atoms with Crippen molar-refractivity contribution in [1.82, 2.24) is 10.2 Å². The summed E-state index contributed by atoms with van der Waals surface area (Å²) < 4.78 is 0. The van der Waals surface area contributed by atoms with Gasteiger partial charge in [-0.3, -0.25) is 9.59 Å². The van der Waals surface area contributed by atoms with E-state index in [1.165, 1.54) is 22.5 Å². The van der Waals surface area contributed by atoms with E-state index in [0.29, 0.717) is 30.3 Å². The molecule has 2 amide bonds. The summed E-state index contributed by atoms with van der Waals surface area (Å²) in [5.41, 5.74) is 2.52. The fourth-order valence-corrected chi connectivity index (χ4v) is 3.86. The lowest BCUT2D eigenvalue weighted by molar-refractivity contribution is -0.134. The van der Waals surface area contributed by atoms with Crippen molar-refractivity contribution in [3.8, 4) is 0 Å². The number of fused-ring (bicyclic) bond motifs is 1. The first kappa shape index (κ1) is 17.7. The number of nitrogens with zero attached hydrogens (tertiary/aromatic N) is 1. The quantitative estimate of drug-likeness (QED) is 0.892. The second-order valence-electron chi connectivity index (χ2n) is 6.91. The largest absolute Gasteiger partial charge is 0.340 e. The van der Waals surface area contributed by atoms with Crippen LogP contribution >= 0.6 is 11.3 Å². The van der Waals surface area contributed by atoms with Crippen molar-refractivity contribution in [1.29, 1.82) is 0 Å². The Balaban J connectivity index is 1.72. The molecule has 1 aromatic heterocycles. The Bertz CT molecular complexity index is 740. The first-order chi connectivity index (χ1) is 12.0. The molecule has 132 valence electrons. The summed E-state index contributed by atoms with van der Waals surface area (Å²) in [5.74, 6) is 0.189. The highest BCUT2D eigenvalue weighted by Gasteiger charge is 2.29. The minimum atomic E-state index is -0.472. The first-order valence-electron chi connectivity index (χ1n) is 8.74. The molecular weight excluding hydrogens is 332 g/mol. The molecule has 0 fully saturated rings. The third kappa shape index (κ3) is 4.28. The number of hydrogen-bond acceptors (Lipinski definition) is 3. The molecule has 2 aromatic rings. The molecule has 1 N–H and O–H groups in total. The van der Waals surface area contributed by atoms with E-state index in [1.54, 1.807) is 6.07 Å². The maximum absolute atomic E-state index is 13.1. The van der Waals surface area contributed by atoms with Gasteiger partial charge in [-0.2, -0.15) is 0 Å². The highest BCUT2D eigenvalue weighted by atomic mass is 32.1. The number of thiophene rings is 1. The summed E-state index contributed by atoms with van der Waals surface area (Å²) in [4.78, 5) is 28.0. The van der Waals surface area contributed by atoms with Gasteiger partial charge < -0.3 is 10.2 Å². The van der Waals surface area contributed by atoms with Gasteiger partial charge in [0.2, 0.25) is 5.91 Å². The van der Waals surface area contributed by atoms with Crippen LogP contribution in [0.5, 0.6) is 0 Å². The number of nitrogens with one attached hydrogen (secondary N) is 1. The molecule has 1 aromatic carbocycles. The summed E-state index contributed by atoms with van der Waals surface area (Å²) in [6, 6.07) is 11.4. The van der Waals surface area contributed by atoms with Crippen LogP contribution in [0.3, 0.4) is 0 Å². The van der Waals surface area contributed by atoms with Crippen molar-refractivity contribution in [3.05, 3.63) is 57.8 Å². The van der Waals surface area contributed by atoms with E-state index in [2.05, 4.69) is 31.3 Å². The van der Waals surface area contributed by atoms with E-state index in [4.69, 9.17) is 0 Å². The summed E-state index contributed by atoms with van der Waals surface area (Å²) in [6.45, 7) is 5.48. The molecule has 0 saturated heterocycles. The van der Waals surface area contributed by atoms with Crippen molar-refractivity contribution in [2.45, 2.75) is 39.3 Å². The molecule has 5 heteroatoms. The molecular formula is C20H24N2O2S. The summed E-state index contributed by atoms with van der Waals surface area (Å²) in [5, 5.41) is 4.82. The van der Waals surface area contributed by atoms with E-state index in [0.717, 1.165) is 6.42 Å². The Morgan fingerprint density at radius 3 is 2.60 bits per heavy atom. The Kier molecular flexibility index (Phi) is 5.53. The lowest BCUT2D eigenvalue weighted by Gasteiger charge is -2.32. The molecule has 25 heavy (non-hydrogen) atoms. The topological polar surface area (TPSA) is 49.4 Å². The van der Waals surface area contributed by atoms with Gasteiger partial charge in [0.1, 0.15) is 6.04 Å². The van der Waals surface area contributed by atoms with Crippen LogP contribution in [0.4, 0.5) is 0 Å². The zero-order valence-electron chi connectivity index (χ0n) is 14.7. The Labute approximate surface area is 152 Å². The SMILES string of the molecule is CC(C)C[C@H](NC(=O)c1cccs1)C(=O)N1CCc2ccccc2C1. The van der Waals surface area contributed by atoms with Crippen LogP contribution in [0.2, 0.25) is 0 Å². The average molecular weight is 356 g/mol. The maximum Gasteiger partial charge on any atom is 0.261 e. The van der Waals surface area contributed by atoms with Crippen molar-refractivity contribution in [2.75, 3.05) is 6.54 Å². The van der Waals surface area contributed by atoms with Gasteiger partial charge in [0.15, 0.2) is 0 Å². The summed E-state index contributed by atoms with van der Waals surface area (Å²) in [6.07, 6.45) is 1.52. The number of benzene rings is 1. The molecule has 4 nitrogen and oxygen atoms in total. The number of carbonyl (C=O) groups excluding carboxylic acids is 2. The molecule has 1 aliphatic rings. The average Bonchev–Trinajstić information content (AvgIpc) is 3.14. The van der Waals surface area contributed by atoms with Crippen molar-refractivity contribution in [3.63, 3.8) is 0 Å². The summed E-state index contributed by atoms with van der Waals surface area (Å²) >= 11 is 1.39. The molecule has 0 spiro atoms. The highest BCUT2D eigenvalue weighted by molar-refractivity contribution is 7.12. The van der Waals surface area contributed by atoms with Crippen molar-refractivity contribution >= 4 is 23.2 Å². The first-order valence-corrected chi connectivity index (χ1v) is 9.62. The molecule has 0 saturated carbocycles. The van der Waals surface area contributed by atoms with Crippen LogP contribution in [0.25, 0.3) is 0 Å². The second kappa shape index (κ2) is 7.83. The van der Waals surface area contributed by atoms with Crippen LogP contribution < -0.4 is 5.32 Å². The van der Waals surface area contributed by atoms with Crippen LogP contribution in [0.15, 0.2) is 41.8 Å². The minimum absolute atomic E-state index is 0.0214. The number of amides is 2. The second-order valence-corrected chi connectivity index (χ2v) is 7.86. The normalized spacial score (nSPS) is 14.9. The van der Waals surface area contributed by atoms with Crippen LogP contribution in [0.1, 0.15) is 41.1 Å². The van der Waals surface area contributed by atoms with Gasteiger partial charge >= 0.3 is 0 Å². The van der Waals surface area contributed by atoms with Gasteiger partial charge in [-0.15, -0.1) is 11.3 Å². The zero-order chi connectivity index (χ0) is 17.8. The van der Waals surface area contributed by atoms with Gasteiger partial charge in [-0.05, 0) is 41.3 Å². The van der Waals surface area contributed by atoms with Crippen molar-refractivity contribution < 1.29 is 9.59 Å². The smallest absolute Gasteiger partial charge is 0.261 e. The van der Waals surface area contributed by atoms with Crippen molar-refractivity contribution in [2.24, 2.45) is 5.92 Å². The molecule has 0 radical (unpaired) electrons. The Morgan fingerprint density at radius 2 is 1.92 bits per heavy atom. The third-order valence-corrected chi connectivity index (χ3v) is 5.37. The zero-order valence-corrected chi connectivity index (χ0v) is 15.5. The third-order valence-electron chi connectivity index (χ3n) is 4.50. The Hall–Kier alpha value is -2.14. The lowest BCUT2D eigenvalue weighted by atomic mass is 9.97. The Morgan fingerprint density at radius 1 is 1.16 bits per heavy atom. The van der Waals surface area contributed by atoms with E-state index in [-0.39, 0.29) is 11.8 Å². The molecule has 0 unspecified atom stereocenters.